The summed E-state index contributed by atoms with van der Waals surface area (Å²) in [4.78, 5) is 17.2. The molecule has 1 amide bonds. The number of amides is 1. The van der Waals surface area contributed by atoms with E-state index in [1.54, 1.807) is 7.11 Å². The number of rotatable bonds is 6. The summed E-state index contributed by atoms with van der Waals surface area (Å²) in [6.07, 6.45) is 0. The fourth-order valence-corrected chi connectivity index (χ4v) is 3.35. The van der Waals surface area contributed by atoms with Gasteiger partial charge in [-0.25, -0.2) is 0 Å². The molecule has 1 aliphatic rings. The number of ether oxygens (including phenoxy) is 1. The summed E-state index contributed by atoms with van der Waals surface area (Å²) in [6.45, 7) is 6.12. The minimum absolute atomic E-state index is 0.0593. The standard InChI is InChI=1S/C21H27N3O2/c1-17(21(25)22-16-18-8-6-7-11-20(18)26-2)23-12-14-24(15-13-23)19-9-4-3-5-10-19/h3-11,17H,12-16H2,1-2H3,(H,22,25)/t17-/m0/s1. The molecular weight excluding hydrogens is 326 g/mol. The molecule has 2 aromatic rings. The molecule has 3 rings (SSSR count). The first kappa shape index (κ1) is 18.3. The Balaban J connectivity index is 1.50. The number of para-hydroxylation sites is 2. The first-order chi connectivity index (χ1) is 12.7. The van der Waals surface area contributed by atoms with E-state index in [1.165, 1.54) is 5.69 Å². The van der Waals surface area contributed by atoms with Crippen molar-refractivity contribution in [2.24, 2.45) is 0 Å². The summed E-state index contributed by atoms with van der Waals surface area (Å²) in [5, 5.41) is 3.04. The van der Waals surface area contributed by atoms with E-state index in [9.17, 15) is 4.79 Å². The molecule has 1 aliphatic heterocycles. The number of hydrogen-bond donors (Lipinski definition) is 1. The minimum atomic E-state index is -0.136. The van der Waals surface area contributed by atoms with Gasteiger partial charge in [0.1, 0.15) is 5.75 Å². The highest BCUT2D eigenvalue weighted by atomic mass is 16.5. The van der Waals surface area contributed by atoms with Crippen molar-refractivity contribution in [3.8, 4) is 5.75 Å². The average molecular weight is 353 g/mol. The first-order valence-electron chi connectivity index (χ1n) is 9.12. The van der Waals surface area contributed by atoms with E-state index in [4.69, 9.17) is 4.74 Å². The van der Waals surface area contributed by atoms with Crippen molar-refractivity contribution in [1.29, 1.82) is 0 Å². The van der Waals surface area contributed by atoms with E-state index in [0.717, 1.165) is 37.5 Å². The van der Waals surface area contributed by atoms with E-state index >= 15 is 0 Å². The van der Waals surface area contributed by atoms with Gasteiger partial charge in [0.25, 0.3) is 0 Å². The third-order valence-corrected chi connectivity index (χ3v) is 5.01. The van der Waals surface area contributed by atoms with Crippen molar-refractivity contribution < 1.29 is 9.53 Å². The van der Waals surface area contributed by atoms with Crippen LogP contribution in [-0.4, -0.2) is 50.1 Å². The second kappa shape index (κ2) is 8.72. The number of piperazine rings is 1. The van der Waals surface area contributed by atoms with Crippen LogP contribution in [0.5, 0.6) is 5.75 Å². The molecule has 138 valence electrons. The Morgan fingerprint density at radius 3 is 2.38 bits per heavy atom. The molecule has 0 unspecified atom stereocenters. The lowest BCUT2D eigenvalue weighted by Crippen LogP contribution is -2.53. The van der Waals surface area contributed by atoms with Gasteiger partial charge in [-0.05, 0) is 25.1 Å². The van der Waals surface area contributed by atoms with E-state index in [0.29, 0.717) is 6.54 Å². The van der Waals surface area contributed by atoms with Gasteiger partial charge in [0.15, 0.2) is 0 Å². The number of methoxy groups -OCH3 is 1. The zero-order valence-corrected chi connectivity index (χ0v) is 15.5. The van der Waals surface area contributed by atoms with Crippen molar-refractivity contribution >= 4 is 11.6 Å². The van der Waals surface area contributed by atoms with Gasteiger partial charge in [0.05, 0.1) is 13.2 Å². The van der Waals surface area contributed by atoms with Crippen LogP contribution in [0.25, 0.3) is 0 Å². The number of benzene rings is 2. The molecule has 0 radical (unpaired) electrons. The SMILES string of the molecule is COc1ccccc1CNC(=O)[C@H](C)N1CCN(c2ccccc2)CC1. The van der Waals surface area contributed by atoms with Gasteiger partial charge >= 0.3 is 0 Å². The summed E-state index contributed by atoms with van der Waals surface area (Å²) in [5.74, 6) is 0.862. The molecule has 1 N–H and O–H groups in total. The highest BCUT2D eigenvalue weighted by Crippen LogP contribution is 2.18. The maximum Gasteiger partial charge on any atom is 0.237 e. The van der Waals surface area contributed by atoms with Crippen molar-refractivity contribution in [3.05, 3.63) is 60.2 Å². The third kappa shape index (κ3) is 4.35. The Morgan fingerprint density at radius 2 is 1.69 bits per heavy atom. The fourth-order valence-electron chi connectivity index (χ4n) is 3.35. The minimum Gasteiger partial charge on any atom is -0.496 e. The van der Waals surface area contributed by atoms with Crippen LogP contribution in [0.1, 0.15) is 12.5 Å². The third-order valence-electron chi connectivity index (χ3n) is 5.01. The van der Waals surface area contributed by atoms with E-state index in [-0.39, 0.29) is 11.9 Å². The van der Waals surface area contributed by atoms with Crippen LogP contribution in [0, 0.1) is 0 Å². The van der Waals surface area contributed by atoms with Gasteiger partial charge in [-0.2, -0.15) is 0 Å². The van der Waals surface area contributed by atoms with Crippen LogP contribution in [-0.2, 0) is 11.3 Å². The van der Waals surface area contributed by atoms with E-state index in [2.05, 4.69) is 39.4 Å². The molecule has 5 heteroatoms. The maximum atomic E-state index is 12.6. The van der Waals surface area contributed by atoms with Gasteiger partial charge in [0, 0.05) is 44.0 Å². The molecule has 1 fully saturated rings. The van der Waals surface area contributed by atoms with Gasteiger partial charge in [-0.1, -0.05) is 36.4 Å². The summed E-state index contributed by atoms with van der Waals surface area (Å²) in [7, 11) is 1.65. The van der Waals surface area contributed by atoms with Gasteiger partial charge in [-0.3, -0.25) is 9.69 Å². The van der Waals surface area contributed by atoms with Gasteiger partial charge in [-0.15, -0.1) is 0 Å². The summed E-state index contributed by atoms with van der Waals surface area (Å²) in [6, 6.07) is 18.1. The second-order valence-corrected chi connectivity index (χ2v) is 6.56. The molecule has 2 aromatic carbocycles. The Hall–Kier alpha value is -2.53. The number of carbonyl (C=O) groups is 1. The number of hydrogen-bond acceptors (Lipinski definition) is 4. The molecule has 0 bridgehead atoms. The lowest BCUT2D eigenvalue weighted by Gasteiger charge is -2.38. The second-order valence-electron chi connectivity index (χ2n) is 6.56. The number of carbonyl (C=O) groups excluding carboxylic acids is 1. The molecule has 1 atom stereocenters. The molecule has 5 nitrogen and oxygen atoms in total. The molecule has 0 saturated carbocycles. The molecule has 1 heterocycles. The van der Waals surface area contributed by atoms with Crippen molar-refractivity contribution in [1.82, 2.24) is 10.2 Å². The molecule has 0 spiro atoms. The topological polar surface area (TPSA) is 44.8 Å². The van der Waals surface area contributed by atoms with Crippen LogP contribution in [0.2, 0.25) is 0 Å². The Morgan fingerprint density at radius 1 is 1.04 bits per heavy atom. The lowest BCUT2D eigenvalue weighted by atomic mass is 10.1. The van der Waals surface area contributed by atoms with Crippen molar-refractivity contribution in [2.45, 2.75) is 19.5 Å². The maximum absolute atomic E-state index is 12.6. The molecule has 0 aromatic heterocycles. The molecule has 1 saturated heterocycles. The summed E-state index contributed by atoms with van der Waals surface area (Å²) >= 11 is 0. The van der Waals surface area contributed by atoms with E-state index < -0.39 is 0 Å². The largest absolute Gasteiger partial charge is 0.496 e. The highest BCUT2D eigenvalue weighted by molar-refractivity contribution is 5.81. The number of nitrogens with one attached hydrogen (secondary N) is 1. The van der Waals surface area contributed by atoms with Gasteiger partial charge < -0.3 is 15.0 Å². The first-order valence-corrected chi connectivity index (χ1v) is 9.12. The Labute approximate surface area is 155 Å². The van der Waals surface area contributed by atoms with Crippen LogP contribution >= 0.6 is 0 Å². The summed E-state index contributed by atoms with van der Waals surface area (Å²) < 4.78 is 5.34. The predicted octanol–water partition coefficient (Wildman–Crippen LogP) is 2.52. The zero-order valence-electron chi connectivity index (χ0n) is 15.5. The smallest absolute Gasteiger partial charge is 0.237 e. The average Bonchev–Trinajstić information content (AvgIpc) is 2.72. The zero-order chi connectivity index (χ0) is 18.4. The van der Waals surface area contributed by atoms with Gasteiger partial charge in [0.2, 0.25) is 5.91 Å². The van der Waals surface area contributed by atoms with Crippen LogP contribution in [0.3, 0.4) is 0 Å². The van der Waals surface area contributed by atoms with E-state index in [1.807, 2.05) is 37.3 Å². The Bertz CT molecular complexity index is 712. The molecule has 0 aliphatic carbocycles. The summed E-state index contributed by atoms with van der Waals surface area (Å²) in [5.41, 5.74) is 2.24. The fraction of sp³-hybridized carbons (Fsp3) is 0.381. The normalized spacial score (nSPS) is 16.2. The number of anilines is 1. The highest BCUT2D eigenvalue weighted by Gasteiger charge is 2.25. The molecular formula is C21H27N3O2. The number of nitrogens with zero attached hydrogens (tertiary/aromatic N) is 2. The predicted molar refractivity (Wildman–Crippen MR) is 105 cm³/mol. The van der Waals surface area contributed by atoms with Crippen molar-refractivity contribution in [3.63, 3.8) is 0 Å². The lowest BCUT2D eigenvalue weighted by molar-refractivity contribution is -0.126. The van der Waals surface area contributed by atoms with Crippen LogP contribution < -0.4 is 15.0 Å². The van der Waals surface area contributed by atoms with Crippen molar-refractivity contribution in [2.75, 3.05) is 38.2 Å². The van der Waals surface area contributed by atoms with Crippen LogP contribution in [0.15, 0.2) is 54.6 Å². The Kier molecular flexibility index (Phi) is 6.12. The quantitative estimate of drug-likeness (QED) is 0.867. The monoisotopic (exact) mass is 353 g/mol. The molecule has 26 heavy (non-hydrogen) atoms. The van der Waals surface area contributed by atoms with Crippen LogP contribution in [0.4, 0.5) is 5.69 Å².